The second-order valence-corrected chi connectivity index (χ2v) is 4.31. The molecule has 88 valence electrons. The van der Waals surface area contributed by atoms with E-state index in [4.69, 9.17) is 0 Å². The Morgan fingerprint density at radius 2 is 2.12 bits per heavy atom. The standard InChI is InChI=1S/C13H20N2O/c1-2-13(15-8-6-14-7-9-15)11-4-3-5-12(16)10-11/h3-5,10,13-14,16H,2,6-9H2,1H3. The number of aromatic hydroxyl groups is 1. The maximum Gasteiger partial charge on any atom is 0.115 e. The zero-order valence-electron chi connectivity index (χ0n) is 9.82. The smallest absolute Gasteiger partial charge is 0.115 e. The Balaban J connectivity index is 2.14. The molecule has 0 amide bonds. The van der Waals surface area contributed by atoms with Gasteiger partial charge in [-0.3, -0.25) is 4.90 Å². The van der Waals surface area contributed by atoms with Gasteiger partial charge in [0.2, 0.25) is 0 Å². The number of phenols is 1. The highest BCUT2D eigenvalue weighted by atomic mass is 16.3. The van der Waals surface area contributed by atoms with Gasteiger partial charge in [-0.05, 0) is 24.1 Å². The quantitative estimate of drug-likeness (QED) is 0.814. The molecule has 2 rings (SSSR count). The minimum atomic E-state index is 0.367. The lowest BCUT2D eigenvalue weighted by Gasteiger charge is -2.34. The maximum absolute atomic E-state index is 9.52. The third-order valence-electron chi connectivity index (χ3n) is 3.23. The fourth-order valence-electron chi connectivity index (χ4n) is 2.43. The molecule has 3 nitrogen and oxygen atoms in total. The topological polar surface area (TPSA) is 35.5 Å². The lowest BCUT2D eigenvalue weighted by molar-refractivity contribution is 0.169. The summed E-state index contributed by atoms with van der Waals surface area (Å²) < 4.78 is 0. The van der Waals surface area contributed by atoms with E-state index in [0.717, 1.165) is 32.6 Å². The Bertz CT molecular complexity index is 334. The molecule has 0 aliphatic carbocycles. The average molecular weight is 220 g/mol. The van der Waals surface area contributed by atoms with Crippen LogP contribution in [0.5, 0.6) is 5.75 Å². The highest BCUT2D eigenvalue weighted by Gasteiger charge is 2.20. The zero-order valence-corrected chi connectivity index (χ0v) is 9.82. The first-order valence-corrected chi connectivity index (χ1v) is 6.05. The summed E-state index contributed by atoms with van der Waals surface area (Å²) in [6, 6.07) is 8.09. The summed E-state index contributed by atoms with van der Waals surface area (Å²) in [5, 5.41) is 12.9. The summed E-state index contributed by atoms with van der Waals surface area (Å²) in [6.45, 7) is 6.52. The number of hydrogen-bond donors (Lipinski definition) is 2. The number of hydrogen-bond acceptors (Lipinski definition) is 3. The minimum Gasteiger partial charge on any atom is -0.508 e. The van der Waals surface area contributed by atoms with Crippen LogP contribution in [0.3, 0.4) is 0 Å². The van der Waals surface area contributed by atoms with E-state index in [1.807, 2.05) is 12.1 Å². The van der Waals surface area contributed by atoms with E-state index in [1.54, 1.807) is 6.07 Å². The van der Waals surface area contributed by atoms with Crippen molar-refractivity contribution in [2.75, 3.05) is 26.2 Å². The first-order valence-electron chi connectivity index (χ1n) is 6.05. The number of nitrogens with one attached hydrogen (secondary N) is 1. The predicted octanol–water partition coefficient (Wildman–Crippen LogP) is 1.75. The summed E-state index contributed by atoms with van der Waals surface area (Å²) >= 11 is 0. The van der Waals surface area contributed by atoms with Gasteiger partial charge in [-0.2, -0.15) is 0 Å². The van der Waals surface area contributed by atoms with Crippen molar-refractivity contribution in [1.82, 2.24) is 10.2 Å². The van der Waals surface area contributed by atoms with Crippen molar-refractivity contribution in [3.05, 3.63) is 29.8 Å². The Labute approximate surface area is 97.1 Å². The van der Waals surface area contributed by atoms with Crippen LogP contribution in [-0.4, -0.2) is 36.2 Å². The van der Waals surface area contributed by atoms with Crippen LogP contribution in [0.2, 0.25) is 0 Å². The molecule has 1 aliphatic heterocycles. The van der Waals surface area contributed by atoms with E-state index < -0.39 is 0 Å². The van der Waals surface area contributed by atoms with Gasteiger partial charge < -0.3 is 10.4 Å². The molecular weight excluding hydrogens is 200 g/mol. The molecule has 16 heavy (non-hydrogen) atoms. The van der Waals surface area contributed by atoms with Crippen molar-refractivity contribution < 1.29 is 5.11 Å². The average Bonchev–Trinajstić information content (AvgIpc) is 2.31. The molecule has 0 bridgehead atoms. The lowest BCUT2D eigenvalue weighted by atomic mass is 10.0. The Morgan fingerprint density at radius 1 is 1.38 bits per heavy atom. The molecule has 2 N–H and O–H groups in total. The summed E-state index contributed by atoms with van der Waals surface area (Å²) in [5.74, 6) is 0.367. The van der Waals surface area contributed by atoms with Crippen molar-refractivity contribution >= 4 is 0 Å². The summed E-state index contributed by atoms with van der Waals surface area (Å²) in [7, 11) is 0. The van der Waals surface area contributed by atoms with Crippen molar-refractivity contribution in [3.63, 3.8) is 0 Å². The van der Waals surface area contributed by atoms with Crippen molar-refractivity contribution in [1.29, 1.82) is 0 Å². The van der Waals surface area contributed by atoms with Crippen LogP contribution in [0.1, 0.15) is 24.9 Å². The third-order valence-corrected chi connectivity index (χ3v) is 3.23. The summed E-state index contributed by atoms with van der Waals surface area (Å²) in [6.07, 6.45) is 1.09. The van der Waals surface area contributed by atoms with Crippen molar-refractivity contribution in [3.8, 4) is 5.75 Å². The van der Waals surface area contributed by atoms with Gasteiger partial charge in [-0.1, -0.05) is 19.1 Å². The fraction of sp³-hybridized carbons (Fsp3) is 0.538. The summed E-state index contributed by atoms with van der Waals surface area (Å²) in [4.78, 5) is 2.49. The van der Waals surface area contributed by atoms with Gasteiger partial charge in [0.05, 0.1) is 0 Å². The van der Waals surface area contributed by atoms with Crippen LogP contribution in [0.15, 0.2) is 24.3 Å². The van der Waals surface area contributed by atoms with Crippen LogP contribution < -0.4 is 5.32 Å². The molecule has 1 fully saturated rings. The molecule has 0 radical (unpaired) electrons. The number of rotatable bonds is 3. The highest BCUT2D eigenvalue weighted by molar-refractivity contribution is 5.29. The van der Waals surface area contributed by atoms with Gasteiger partial charge in [-0.15, -0.1) is 0 Å². The highest BCUT2D eigenvalue weighted by Crippen LogP contribution is 2.26. The second kappa shape index (κ2) is 5.32. The molecule has 3 heteroatoms. The SMILES string of the molecule is CCC(c1cccc(O)c1)N1CCNCC1. The van der Waals surface area contributed by atoms with Gasteiger partial charge in [0.25, 0.3) is 0 Å². The van der Waals surface area contributed by atoms with Crippen molar-refractivity contribution in [2.24, 2.45) is 0 Å². The molecule has 1 aliphatic rings. The number of phenolic OH excluding ortho intramolecular Hbond substituents is 1. The molecule has 0 saturated carbocycles. The first kappa shape index (κ1) is 11.4. The largest absolute Gasteiger partial charge is 0.508 e. The van der Waals surface area contributed by atoms with Gasteiger partial charge in [0, 0.05) is 32.2 Å². The predicted molar refractivity (Wildman–Crippen MR) is 65.6 cm³/mol. The first-order chi connectivity index (χ1) is 7.81. The second-order valence-electron chi connectivity index (χ2n) is 4.31. The number of nitrogens with zero attached hydrogens (tertiary/aromatic N) is 1. The molecular formula is C13H20N2O. The van der Waals surface area contributed by atoms with Crippen LogP contribution in [0.4, 0.5) is 0 Å². The van der Waals surface area contributed by atoms with E-state index in [2.05, 4.69) is 23.2 Å². The molecule has 1 saturated heterocycles. The Kier molecular flexibility index (Phi) is 3.80. The van der Waals surface area contributed by atoms with Crippen LogP contribution >= 0.6 is 0 Å². The van der Waals surface area contributed by atoms with Gasteiger partial charge in [0.1, 0.15) is 5.75 Å². The fourth-order valence-corrected chi connectivity index (χ4v) is 2.43. The monoisotopic (exact) mass is 220 g/mol. The number of piperazine rings is 1. The van der Waals surface area contributed by atoms with E-state index in [0.29, 0.717) is 11.8 Å². The van der Waals surface area contributed by atoms with E-state index in [-0.39, 0.29) is 0 Å². The van der Waals surface area contributed by atoms with Gasteiger partial charge in [0.15, 0.2) is 0 Å². The molecule has 1 aromatic carbocycles. The normalized spacial score (nSPS) is 19.6. The molecule has 0 aromatic heterocycles. The van der Waals surface area contributed by atoms with E-state index >= 15 is 0 Å². The zero-order chi connectivity index (χ0) is 11.4. The Morgan fingerprint density at radius 3 is 2.75 bits per heavy atom. The van der Waals surface area contributed by atoms with Crippen LogP contribution in [0.25, 0.3) is 0 Å². The van der Waals surface area contributed by atoms with Crippen LogP contribution in [0, 0.1) is 0 Å². The molecule has 1 unspecified atom stereocenters. The van der Waals surface area contributed by atoms with E-state index in [1.165, 1.54) is 5.56 Å². The molecule has 1 aromatic rings. The lowest BCUT2D eigenvalue weighted by Crippen LogP contribution is -2.45. The third kappa shape index (κ3) is 2.54. The molecule has 1 heterocycles. The molecule has 0 spiro atoms. The van der Waals surface area contributed by atoms with E-state index in [9.17, 15) is 5.11 Å². The van der Waals surface area contributed by atoms with Crippen LogP contribution in [-0.2, 0) is 0 Å². The minimum absolute atomic E-state index is 0.367. The van der Waals surface area contributed by atoms with Crippen molar-refractivity contribution in [2.45, 2.75) is 19.4 Å². The number of benzene rings is 1. The summed E-state index contributed by atoms with van der Waals surface area (Å²) in [5.41, 5.74) is 1.23. The Hall–Kier alpha value is -1.06. The molecule has 1 atom stereocenters. The maximum atomic E-state index is 9.52. The van der Waals surface area contributed by atoms with Gasteiger partial charge in [-0.25, -0.2) is 0 Å². The van der Waals surface area contributed by atoms with Gasteiger partial charge >= 0.3 is 0 Å².